The smallest absolute Gasteiger partial charge is 0.272 e. The molecule has 2 amide bonds. The molecule has 0 saturated carbocycles. The fourth-order valence-corrected chi connectivity index (χ4v) is 4.15. The number of benzene rings is 3. The average molecular weight is 542 g/mol. The lowest BCUT2D eigenvalue weighted by Crippen LogP contribution is -2.49. The molecule has 0 aliphatic carbocycles. The van der Waals surface area contributed by atoms with Crippen molar-refractivity contribution in [2.45, 2.75) is 25.8 Å². The molecule has 3 unspecified atom stereocenters. The van der Waals surface area contributed by atoms with Crippen molar-refractivity contribution in [2.24, 2.45) is 10.9 Å². The number of likely N-dealkylation sites (N-methyl/N-ethyl adjacent to an activating group) is 1. The molecule has 1 aliphatic rings. The Balaban J connectivity index is 1.50. The second-order valence-corrected chi connectivity index (χ2v) is 9.36. The van der Waals surface area contributed by atoms with Gasteiger partial charge in [0.1, 0.15) is 11.6 Å². The number of anilines is 1. The topological polar surface area (TPSA) is 91.2 Å². The van der Waals surface area contributed by atoms with E-state index < -0.39 is 41.6 Å². The van der Waals surface area contributed by atoms with Gasteiger partial charge in [-0.15, -0.1) is 0 Å². The number of amides is 2. The maximum Gasteiger partial charge on any atom is 0.272 e. The number of aliphatic imine (C=N–C) groups is 1. The van der Waals surface area contributed by atoms with E-state index in [1.807, 2.05) is 30.3 Å². The summed E-state index contributed by atoms with van der Waals surface area (Å²) in [6.07, 6.45) is -2.52. The fourth-order valence-electron chi connectivity index (χ4n) is 3.98. The highest BCUT2D eigenvalue weighted by atomic mass is 35.5. The van der Waals surface area contributed by atoms with Gasteiger partial charge in [0.05, 0.1) is 36.6 Å². The first kappa shape index (κ1) is 27.4. The van der Waals surface area contributed by atoms with Gasteiger partial charge in [-0.2, -0.15) is 0 Å². The molecule has 0 aromatic heterocycles. The van der Waals surface area contributed by atoms with Crippen LogP contribution in [0, 0.1) is 17.6 Å². The minimum absolute atomic E-state index is 0.116. The van der Waals surface area contributed by atoms with Crippen molar-refractivity contribution in [1.82, 2.24) is 5.32 Å². The maximum absolute atomic E-state index is 13.8. The summed E-state index contributed by atoms with van der Waals surface area (Å²) in [4.78, 5) is 32.3. The monoisotopic (exact) mass is 541 g/mol. The van der Waals surface area contributed by atoms with E-state index in [1.165, 1.54) is 17.9 Å². The standard InChI is InChI=1S/C28H26ClF2N3O4/c1-16(24(35)15-38-14-18-8-10-20(30)13-22(18)31)27(36)33-26-28(37)34(2)23-11-9-19(29)12-21(23)25(32-26)17-6-4-3-5-7-17/h3-13,16,24,26,35H,14-15H2,1-2H3,(H,33,36). The van der Waals surface area contributed by atoms with Gasteiger partial charge >= 0.3 is 0 Å². The molecule has 7 nitrogen and oxygen atoms in total. The van der Waals surface area contributed by atoms with Crippen LogP contribution in [0.5, 0.6) is 0 Å². The average Bonchev–Trinajstić information content (AvgIpc) is 3.00. The molecular formula is C28H26ClF2N3O4. The number of hydrogen-bond acceptors (Lipinski definition) is 5. The molecular weight excluding hydrogens is 516 g/mol. The lowest BCUT2D eigenvalue weighted by atomic mass is 10.0. The zero-order valence-corrected chi connectivity index (χ0v) is 21.5. The number of fused-ring (bicyclic) bond motifs is 1. The van der Waals surface area contributed by atoms with Crippen LogP contribution in [0.2, 0.25) is 5.02 Å². The molecule has 0 bridgehead atoms. The number of ether oxygens (including phenoxy) is 1. The third-order valence-corrected chi connectivity index (χ3v) is 6.51. The fraction of sp³-hybridized carbons (Fsp3) is 0.250. The van der Waals surface area contributed by atoms with Crippen LogP contribution in [0.3, 0.4) is 0 Å². The summed E-state index contributed by atoms with van der Waals surface area (Å²) in [6.45, 7) is 0.977. The molecule has 38 heavy (non-hydrogen) atoms. The number of halogens is 3. The predicted molar refractivity (Wildman–Crippen MR) is 140 cm³/mol. The molecule has 1 aliphatic heterocycles. The number of aliphatic hydroxyl groups is 1. The highest BCUT2D eigenvalue weighted by molar-refractivity contribution is 6.32. The van der Waals surface area contributed by atoms with E-state index >= 15 is 0 Å². The van der Waals surface area contributed by atoms with Crippen molar-refractivity contribution in [2.75, 3.05) is 18.6 Å². The van der Waals surface area contributed by atoms with Crippen LogP contribution in [0.15, 0.2) is 71.7 Å². The highest BCUT2D eigenvalue weighted by Crippen LogP contribution is 2.30. The van der Waals surface area contributed by atoms with Gasteiger partial charge < -0.3 is 20.1 Å². The quantitative estimate of drug-likeness (QED) is 0.449. The molecule has 3 atom stereocenters. The van der Waals surface area contributed by atoms with Gasteiger partial charge in [-0.25, -0.2) is 13.8 Å². The molecule has 2 N–H and O–H groups in total. The lowest BCUT2D eigenvalue weighted by Gasteiger charge is -2.23. The van der Waals surface area contributed by atoms with Crippen LogP contribution in [-0.2, 0) is 20.9 Å². The van der Waals surface area contributed by atoms with E-state index in [9.17, 15) is 23.5 Å². The number of carbonyl (C=O) groups is 2. The Morgan fingerprint density at radius 3 is 2.61 bits per heavy atom. The van der Waals surface area contributed by atoms with Crippen LogP contribution in [0.4, 0.5) is 14.5 Å². The number of hydrogen-bond donors (Lipinski definition) is 2. The van der Waals surface area contributed by atoms with E-state index in [0.29, 0.717) is 22.0 Å². The number of carbonyl (C=O) groups excluding carboxylic acids is 2. The molecule has 3 aromatic rings. The summed E-state index contributed by atoms with van der Waals surface area (Å²) in [5.41, 5.74) is 2.53. The maximum atomic E-state index is 13.8. The van der Waals surface area contributed by atoms with Crippen LogP contribution in [0.25, 0.3) is 0 Å². The Kier molecular flexibility index (Phi) is 8.51. The first-order chi connectivity index (χ1) is 18.2. The minimum Gasteiger partial charge on any atom is -0.390 e. The van der Waals surface area contributed by atoms with Crippen molar-refractivity contribution >= 4 is 34.8 Å². The molecule has 10 heteroatoms. The molecule has 4 rings (SSSR count). The number of benzodiazepines with no additional fused rings is 1. The largest absolute Gasteiger partial charge is 0.390 e. The van der Waals surface area contributed by atoms with Gasteiger partial charge in [-0.05, 0) is 24.3 Å². The Labute approximate surface area is 223 Å². The van der Waals surface area contributed by atoms with E-state index in [1.54, 1.807) is 25.2 Å². The molecule has 0 spiro atoms. The number of nitrogens with one attached hydrogen (secondary N) is 1. The first-order valence-corrected chi connectivity index (χ1v) is 12.2. The van der Waals surface area contributed by atoms with Crippen molar-refractivity contribution < 1.29 is 28.2 Å². The Morgan fingerprint density at radius 1 is 1.16 bits per heavy atom. The van der Waals surface area contributed by atoms with E-state index in [0.717, 1.165) is 17.7 Å². The predicted octanol–water partition coefficient (Wildman–Crippen LogP) is 4.09. The van der Waals surface area contributed by atoms with Crippen molar-refractivity contribution in [3.05, 3.63) is 100 Å². The van der Waals surface area contributed by atoms with Gasteiger partial charge in [0.2, 0.25) is 12.1 Å². The molecule has 1 heterocycles. The summed E-state index contributed by atoms with van der Waals surface area (Å²) >= 11 is 6.25. The van der Waals surface area contributed by atoms with Crippen molar-refractivity contribution in [3.8, 4) is 0 Å². The van der Waals surface area contributed by atoms with Crippen LogP contribution in [0.1, 0.15) is 23.6 Å². The first-order valence-electron chi connectivity index (χ1n) is 11.9. The van der Waals surface area contributed by atoms with Gasteiger partial charge in [-0.1, -0.05) is 54.9 Å². The lowest BCUT2D eigenvalue weighted by molar-refractivity contribution is -0.133. The summed E-state index contributed by atoms with van der Waals surface area (Å²) in [5, 5.41) is 13.6. The van der Waals surface area contributed by atoms with Gasteiger partial charge in [0.15, 0.2) is 0 Å². The van der Waals surface area contributed by atoms with Crippen molar-refractivity contribution in [1.29, 1.82) is 0 Å². The Bertz CT molecular complexity index is 1370. The summed E-state index contributed by atoms with van der Waals surface area (Å²) < 4.78 is 32.2. The molecule has 0 radical (unpaired) electrons. The molecule has 0 saturated heterocycles. The Morgan fingerprint density at radius 2 is 1.89 bits per heavy atom. The molecule has 3 aromatic carbocycles. The molecule has 198 valence electrons. The van der Waals surface area contributed by atoms with E-state index in [4.69, 9.17) is 16.3 Å². The van der Waals surface area contributed by atoms with E-state index in [2.05, 4.69) is 10.3 Å². The third kappa shape index (κ3) is 6.07. The Hall–Kier alpha value is -3.66. The number of nitrogens with zero attached hydrogens (tertiary/aromatic N) is 2. The van der Waals surface area contributed by atoms with Gasteiger partial charge in [0, 0.05) is 34.8 Å². The van der Waals surface area contributed by atoms with E-state index in [-0.39, 0.29) is 18.8 Å². The van der Waals surface area contributed by atoms with Gasteiger partial charge in [-0.3, -0.25) is 9.59 Å². The summed E-state index contributed by atoms with van der Waals surface area (Å²) in [7, 11) is 1.58. The van der Waals surface area contributed by atoms with Crippen LogP contribution < -0.4 is 10.2 Å². The normalized spacial score (nSPS) is 16.8. The summed E-state index contributed by atoms with van der Waals surface area (Å²) in [5.74, 6) is -3.56. The second-order valence-electron chi connectivity index (χ2n) is 8.92. The van der Waals surface area contributed by atoms with Crippen molar-refractivity contribution in [3.63, 3.8) is 0 Å². The zero-order chi connectivity index (χ0) is 27.4. The SMILES string of the molecule is CC(C(=O)NC1N=C(c2ccccc2)c2cc(Cl)ccc2N(C)C1=O)C(O)COCc1ccc(F)cc1F. The highest BCUT2D eigenvalue weighted by Gasteiger charge is 2.33. The summed E-state index contributed by atoms with van der Waals surface area (Å²) in [6, 6.07) is 17.4. The van der Waals surface area contributed by atoms with Crippen LogP contribution in [-0.4, -0.2) is 48.6 Å². The number of aliphatic hydroxyl groups excluding tert-OH is 1. The zero-order valence-electron chi connectivity index (χ0n) is 20.7. The molecule has 0 fully saturated rings. The number of rotatable bonds is 8. The van der Waals surface area contributed by atoms with Gasteiger partial charge in [0.25, 0.3) is 5.91 Å². The van der Waals surface area contributed by atoms with Crippen LogP contribution >= 0.6 is 11.6 Å². The second kappa shape index (κ2) is 11.8. The third-order valence-electron chi connectivity index (χ3n) is 6.28. The minimum atomic E-state index is -1.27.